The van der Waals surface area contributed by atoms with Gasteiger partial charge in [0.05, 0.1) is 19.9 Å². The van der Waals surface area contributed by atoms with Crippen molar-refractivity contribution < 1.29 is 19.0 Å². The van der Waals surface area contributed by atoms with Crippen LogP contribution in [0.4, 0.5) is 0 Å². The van der Waals surface area contributed by atoms with Crippen molar-refractivity contribution in [3.05, 3.63) is 60.0 Å². The molecule has 118 valence electrons. The van der Waals surface area contributed by atoms with E-state index in [9.17, 15) is 4.79 Å². The molecular weight excluding hydrogens is 296 g/mol. The summed E-state index contributed by atoms with van der Waals surface area (Å²) in [7, 11) is 2.94. The highest BCUT2D eigenvalue weighted by molar-refractivity contribution is 5.88. The highest BCUT2D eigenvalue weighted by Gasteiger charge is 2.12. The van der Waals surface area contributed by atoms with Crippen LogP contribution in [-0.4, -0.2) is 29.6 Å². The number of carbonyl (C=O) groups excluding carboxylic acids is 1. The molecule has 0 atom stereocenters. The van der Waals surface area contributed by atoms with Gasteiger partial charge in [-0.15, -0.1) is 0 Å². The molecule has 1 aromatic carbocycles. The van der Waals surface area contributed by atoms with E-state index < -0.39 is 5.97 Å². The highest BCUT2D eigenvalue weighted by Crippen LogP contribution is 2.26. The number of benzene rings is 1. The van der Waals surface area contributed by atoms with Crippen molar-refractivity contribution in [2.45, 2.75) is 6.61 Å². The molecule has 0 N–H and O–H groups in total. The molecule has 0 radical (unpaired) electrons. The summed E-state index contributed by atoms with van der Waals surface area (Å²) in [5.41, 5.74) is 1.78. The Morgan fingerprint density at radius 3 is 2.61 bits per heavy atom. The molecule has 2 heterocycles. The third-order valence-corrected chi connectivity index (χ3v) is 3.38. The zero-order valence-corrected chi connectivity index (χ0v) is 12.9. The summed E-state index contributed by atoms with van der Waals surface area (Å²) < 4.78 is 17.5. The molecule has 6 heteroatoms. The number of fused-ring (bicyclic) bond motifs is 1. The number of imidazole rings is 1. The average Bonchev–Trinajstić information content (AvgIpc) is 3.02. The number of pyridine rings is 1. The first-order valence-corrected chi connectivity index (χ1v) is 7.04. The van der Waals surface area contributed by atoms with Crippen LogP contribution in [-0.2, 0) is 11.3 Å². The molecule has 0 amide bonds. The average molecular weight is 312 g/mol. The lowest BCUT2D eigenvalue weighted by atomic mass is 10.3. The van der Waals surface area contributed by atoms with Crippen LogP contribution in [0.5, 0.6) is 11.5 Å². The largest absolute Gasteiger partial charge is 0.493 e. The Balaban J connectivity index is 1.85. The Labute approximate surface area is 133 Å². The molecule has 3 aromatic rings. The number of hydrogen-bond acceptors (Lipinski definition) is 5. The second-order valence-corrected chi connectivity index (χ2v) is 4.80. The first-order valence-electron chi connectivity index (χ1n) is 7.04. The minimum Gasteiger partial charge on any atom is -0.493 e. The van der Waals surface area contributed by atoms with E-state index in [0.717, 1.165) is 0 Å². The number of ether oxygens (including phenoxy) is 3. The summed E-state index contributed by atoms with van der Waals surface area (Å²) in [6.45, 7) is 0.267. The zero-order chi connectivity index (χ0) is 16.2. The van der Waals surface area contributed by atoms with Crippen molar-refractivity contribution in [1.82, 2.24) is 9.38 Å². The quantitative estimate of drug-likeness (QED) is 0.678. The van der Waals surface area contributed by atoms with Crippen LogP contribution in [0.3, 0.4) is 0 Å². The zero-order valence-electron chi connectivity index (χ0n) is 12.9. The van der Waals surface area contributed by atoms with Gasteiger partial charge in [0.15, 0.2) is 11.5 Å². The SMILES string of the molecule is COC(=O)c1cccc2nc(COc3ccccc3OC)cn12. The van der Waals surface area contributed by atoms with Crippen LogP contribution in [0, 0.1) is 0 Å². The summed E-state index contributed by atoms with van der Waals surface area (Å²) in [5.74, 6) is 0.886. The Morgan fingerprint density at radius 1 is 1.09 bits per heavy atom. The number of aromatic nitrogens is 2. The first kappa shape index (κ1) is 14.9. The predicted octanol–water partition coefficient (Wildman–Crippen LogP) is 2.71. The molecule has 0 saturated carbocycles. The van der Waals surface area contributed by atoms with Crippen LogP contribution in [0.25, 0.3) is 5.65 Å². The van der Waals surface area contributed by atoms with E-state index in [2.05, 4.69) is 4.98 Å². The molecule has 0 aliphatic heterocycles. The number of para-hydroxylation sites is 2. The van der Waals surface area contributed by atoms with Gasteiger partial charge in [0.25, 0.3) is 0 Å². The van der Waals surface area contributed by atoms with E-state index in [1.165, 1.54) is 7.11 Å². The van der Waals surface area contributed by atoms with E-state index in [0.29, 0.717) is 28.5 Å². The van der Waals surface area contributed by atoms with Crippen molar-refractivity contribution in [3.63, 3.8) is 0 Å². The summed E-state index contributed by atoms with van der Waals surface area (Å²) in [6.07, 6.45) is 1.76. The van der Waals surface area contributed by atoms with Crippen molar-refractivity contribution in [3.8, 4) is 11.5 Å². The number of methoxy groups -OCH3 is 2. The lowest BCUT2D eigenvalue weighted by Gasteiger charge is -2.08. The normalized spacial score (nSPS) is 10.5. The second kappa shape index (κ2) is 6.39. The second-order valence-electron chi connectivity index (χ2n) is 4.80. The molecule has 2 aromatic heterocycles. The third kappa shape index (κ3) is 2.96. The van der Waals surface area contributed by atoms with Crippen molar-refractivity contribution in [2.24, 2.45) is 0 Å². The summed E-state index contributed by atoms with van der Waals surface area (Å²) >= 11 is 0. The number of esters is 1. The first-order chi connectivity index (χ1) is 11.2. The Bertz CT molecular complexity index is 841. The Hall–Kier alpha value is -3.02. The van der Waals surface area contributed by atoms with Crippen LogP contribution in [0.15, 0.2) is 48.7 Å². The van der Waals surface area contributed by atoms with Gasteiger partial charge in [-0.2, -0.15) is 0 Å². The molecule has 0 bridgehead atoms. The van der Waals surface area contributed by atoms with E-state index in [-0.39, 0.29) is 6.61 Å². The van der Waals surface area contributed by atoms with Gasteiger partial charge in [-0.1, -0.05) is 18.2 Å². The Morgan fingerprint density at radius 2 is 1.87 bits per heavy atom. The predicted molar refractivity (Wildman–Crippen MR) is 83.9 cm³/mol. The number of nitrogens with zero attached hydrogens (tertiary/aromatic N) is 2. The maximum Gasteiger partial charge on any atom is 0.355 e. The molecule has 3 rings (SSSR count). The van der Waals surface area contributed by atoms with Gasteiger partial charge in [0, 0.05) is 6.20 Å². The molecule has 0 saturated heterocycles. The van der Waals surface area contributed by atoms with Gasteiger partial charge >= 0.3 is 5.97 Å². The van der Waals surface area contributed by atoms with Gasteiger partial charge in [0.1, 0.15) is 17.9 Å². The van der Waals surface area contributed by atoms with Crippen LogP contribution >= 0.6 is 0 Å². The Kier molecular flexibility index (Phi) is 4.14. The monoisotopic (exact) mass is 312 g/mol. The van der Waals surface area contributed by atoms with Crippen molar-refractivity contribution in [2.75, 3.05) is 14.2 Å². The molecule has 0 fully saturated rings. The standard InChI is InChI=1S/C17H16N2O4/c1-21-14-7-3-4-8-15(14)23-11-12-10-19-13(17(20)22-2)6-5-9-16(19)18-12/h3-10H,11H2,1-2H3. The van der Waals surface area contributed by atoms with Gasteiger partial charge in [0.2, 0.25) is 0 Å². The number of rotatable bonds is 5. The van der Waals surface area contributed by atoms with E-state index in [1.807, 2.05) is 30.3 Å². The minimum absolute atomic E-state index is 0.267. The smallest absolute Gasteiger partial charge is 0.355 e. The fourth-order valence-electron chi connectivity index (χ4n) is 2.29. The molecule has 0 aliphatic carbocycles. The molecule has 0 unspecified atom stereocenters. The van der Waals surface area contributed by atoms with Gasteiger partial charge < -0.3 is 14.2 Å². The number of carbonyl (C=O) groups is 1. The van der Waals surface area contributed by atoms with Crippen LogP contribution in [0.1, 0.15) is 16.2 Å². The highest BCUT2D eigenvalue weighted by atomic mass is 16.5. The van der Waals surface area contributed by atoms with Gasteiger partial charge in [-0.05, 0) is 24.3 Å². The van der Waals surface area contributed by atoms with E-state index >= 15 is 0 Å². The summed E-state index contributed by atoms with van der Waals surface area (Å²) in [6, 6.07) is 12.7. The fraction of sp³-hybridized carbons (Fsp3) is 0.176. The fourth-order valence-corrected chi connectivity index (χ4v) is 2.29. The topological polar surface area (TPSA) is 62.1 Å². The maximum atomic E-state index is 11.8. The van der Waals surface area contributed by atoms with Crippen LogP contribution < -0.4 is 9.47 Å². The van der Waals surface area contributed by atoms with Gasteiger partial charge in [-0.3, -0.25) is 4.40 Å². The van der Waals surface area contributed by atoms with E-state index in [1.54, 1.807) is 29.8 Å². The lowest BCUT2D eigenvalue weighted by molar-refractivity contribution is 0.0592. The summed E-state index contributed by atoms with van der Waals surface area (Å²) in [4.78, 5) is 16.2. The van der Waals surface area contributed by atoms with Gasteiger partial charge in [-0.25, -0.2) is 9.78 Å². The molecular formula is C17H16N2O4. The molecule has 0 aliphatic rings. The third-order valence-electron chi connectivity index (χ3n) is 3.38. The minimum atomic E-state index is -0.412. The van der Waals surface area contributed by atoms with E-state index in [4.69, 9.17) is 14.2 Å². The maximum absolute atomic E-state index is 11.8. The summed E-state index contributed by atoms with van der Waals surface area (Å²) in [5, 5.41) is 0. The lowest BCUT2D eigenvalue weighted by Crippen LogP contribution is -2.07. The molecule has 23 heavy (non-hydrogen) atoms. The van der Waals surface area contributed by atoms with Crippen LogP contribution in [0.2, 0.25) is 0 Å². The van der Waals surface area contributed by atoms with Crippen molar-refractivity contribution in [1.29, 1.82) is 0 Å². The number of hydrogen-bond donors (Lipinski definition) is 0. The van der Waals surface area contributed by atoms with Crippen molar-refractivity contribution >= 4 is 11.6 Å². The molecule has 6 nitrogen and oxygen atoms in total. The molecule has 0 spiro atoms.